The highest BCUT2D eigenvalue weighted by Gasteiger charge is 2.32. The Labute approximate surface area is 203 Å². The van der Waals surface area contributed by atoms with Crippen molar-refractivity contribution in [3.8, 4) is 5.75 Å². The van der Waals surface area contributed by atoms with Crippen LogP contribution in [0.3, 0.4) is 0 Å². The van der Waals surface area contributed by atoms with Crippen LogP contribution in [0.1, 0.15) is 45.6 Å². The third-order valence-electron chi connectivity index (χ3n) is 6.05. The number of ether oxygens (including phenoxy) is 1. The van der Waals surface area contributed by atoms with E-state index in [0.29, 0.717) is 48.7 Å². The predicted octanol–water partition coefficient (Wildman–Crippen LogP) is 5.13. The smallest absolute Gasteiger partial charge is 0.265 e. The Morgan fingerprint density at radius 1 is 1.18 bits per heavy atom. The van der Waals surface area contributed by atoms with Crippen LogP contribution in [0.25, 0.3) is 0 Å². The highest BCUT2D eigenvalue weighted by atomic mass is 32.1. The van der Waals surface area contributed by atoms with Gasteiger partial charge in [-0.15, -0.1) is 11.3 Å². The molecule has 0 aliphatic carbocycles. The molecular weight excluding hydrogens is 451 g/mol. The predicted molar refractivity (Wildman–Crippen MR) is 132 cm³/mol. The van der Waals surface area contributed by atoms with Gasteiger partial charge in [0.05, 0.1) is 11.5 Å². The number of hydrogen-bond donors (Lipinski definition) is 1. The minimum Gasteiger partial charge on any atom is -0.493 e. The average Bonchev–Trinajstić information content (AvgIpc) is 3.15. The third-order valence-corrected chi connectivity index (χ3v) is 7.05. The number of halogens is 1. The second-order valence-electron chi connectivity index (χ2n) is 8.51. The second kappa shape index (κ2) is 11.3. The standard InChI is InChI=1S/C27H29FN2O3S/c1-19-13-16-34-25(19)27(32)30(24-11-4-5-14-29-26(24)31)18-20-7-6-9-22(17-20)33-15-12-21-8-2-3-10-23(21)28/h2-3,6-10,13,16-17,24H,4-5,11-12,14-15,18H2,1H3,(H,29,31)/t24-/m0/s1. The molecule has 2 amide bonds. The van der Waals surface area contributed by atoms with Crippen molar-refractivity contribution in [1.82, 2.24) is 10.2 Å². The Balaban J connectivity index is 1.50. The molecule has 1 N–H and O–H groups in total. The van der Waals surface area contributed by atoms with Crippen molar-refractivity contribution in [3.63, 3.8) is 0 Å². The molecule has 34 heavy (non-hydrogen) atoms. The van der Waals surface area contributed by atoms with Crippen molar-refractivity contribution in [2.24, 2.45) is 0 Å². The Bertz CT molecular complexity index is 1150. The van der Waals surface area contributed by atoms with Crippen LogP contribution in [0.2, 0.25) is 0 Å². The fraction of sp³-hybridized carbons (Fsp3) is 0.333. The summed E-state index contributed by atoms with van der Waals surface area (Å²) >= 11 is 1.40. The molecule has 1 aromatic heterocycles. The van der Waals surface area contributed by atoms with Crippen LogP contribution >= 0.6 is 11.3 Å². The molecule has 0 radical (unpaired) electrons. The van der Waals surface area contributed by atoms with Gasteiger partial charge in [-0.2, -0.15) is 0 Å². The minimum absolute atomic E-state index is 0.0997. The Hall–Kier alpha value is -3.19. The maximum Gasteiger partial charge on any atom is 0.265 e. The molecule has 2 aromatic carbocycles. The van der Waals surface area contributed by atoms with Gasteiger partial charge in [-0.25, -0.2) is 4.39 Å². The number of aryl methyl sites for hydroxylation is 1. The number of hydrogen-bond acceptors (Lipinski definition) is 4. The molecule has 3 aromatic rings. The zero-order valence-corrected chi connectivity index (χ0v) is 20.1. The van der Waals surface area contributed by atoms with Crippen molar-refractivity contribution in [2.75, 3.05) is 13.2 Å². The number of carbonyl (C=O) groups excluding carboxylic acids is 2. The number of amides is 2. The van der Waals surface area contributed by atoms with E-state index >= 15 is 0 Å². The van der Waals surface area contributed by atoms with Crippen LogP contribution in [0.15, 0.2) is 60.0 Å². The molecule has 2 heterocycles. The number of nitrogens with one attached hydrogen (secondary N) is 1. The number of nitrogens with zero attached hydrogens (tertiary/aromatic N) is 1. The summed E-state index contributed by atoms with van der Waals surface area (Å²) in [5.41, 5.74) is 2.41. The number of thiophene rings is 1. The molecule has 1 atom stereocenters. The lowest BCUT2D eigenvalue weighted by molar-refractivity contribution is -0.125. The Morgan fingerprint density at radius 3 is 2.82 bits per heavy atom. The first-order valence-electron chi connectivity index (χ1n) is 11.6. The van der Waals surface area contributed by atoms with Crippen molar-refractivity contribution in [3.05, 3.63) is 87.4 Å². The first-order valence-corrected chi connectivity index (χ1v) is 12.5. The van der Waals surface area contributed by atoms with E-state index in [1.54, 1.807) is 17.0 Å². The molecule has 1 saturated heterocycles. The maximum absolute atomic E-state index is 13.9. The van der Waals surface area contributed by atoms with Crippen LogP contribution in [0.5, 0.6) is 5.75 Å². The maximum atomic E-state index is 13.9. The molecule has 7 heteroatoms. The molecule has 0 spiro atoms. The summed E-state index contributed by atoms with van der Waals surface area (Å²) < 4.78 is 19.7. The molecule has 0 unspecified atom stereocenters. The summed E-state index contributed by atoms with van der Waals surface area (Å²) in [7, 11) is 0. The normalized spacial score (nSPS) is 15.9. The molecule has 1 fully saturated rings. The highest BCUT2D eigenvalue weighted by Crippen LogP contribution is 2.25. The quantitative estimate of drug-likeness (QED) is 0.486. The summed E-state index contributed by atoms with van der Waals surface area (Å²) in [5, 5.41) is 4.85. The van der Waals surface area contributed by atoms with E-state index in [-0.39, 0.29) is 17.6 Å². The number of carbonyl (C=O) groups is 2. The van der Waals surface area contributed by atoms with Gasteiger partial charge in [0.1, 0.15) is 17.6 Å². The van der Waals surface area contributed by atoms with Gasteiger partial charge in [0, 0.05) is 19.5 Å². The van der Waals surface area contributed by atoms with Crippen molar-refractivity contribution < 1.29 is 18.7 Å². The van der Waals surface area contributed by atoms with Gasteiger partial charge >= 0.3 is 0 Å². The zero-order chi connectivity index (χ0) is 23.9. The summed E-state index contributed by atoms with van der Waals surface area (Å²) in [6.45, 7) is 3.20. The molecule has 4 rings (SSSR count). The van der Waals surface area contributed by atoms with Gasteiger partial charge in [0.25, 0.3) is 5.91 Å². The second-order valence-corrected chi connectivity index (χ2v) is 9.42. The zero-order valence-electron chi connectivity index (χ0n) is 19.3. The van der Waals surface area contributed by atoms with E-state index in [4.69, 9.17) is 4.74 Å². The van der Waals surface area contributed by atoms with Crippen LogP contribution in [-0.2, 0) is 17.8 Å². The van der Waals surface area contributed by atoms with Crippen molar-refractivity contribution >= 4 is 23.2 Å². The fourth-order valence-corrected chi connectivity index (χ4v) is 5.06. The SMILES string of the molecule is Cc1ccsc1C(=O)N(Cc1cccc(OCCc2ccccc2F)c1)[C@H]1CCCCNC1=O. The first-order chi connectivity index (χ1) is 16.5. The van der Waals surface area contributed by atoms with E-state index < -0.39 is 6.04 Å². The van der Waals surface area contributed by atoms with Gasteiger partial charge < -0.3 is 15.0 Å². The average molecular weight is 481 g/mol. The van der Waals surface area contributed by atoms with E-state index in [0.717, 1.165) is 24.0 Å². The first kappa shape index (κ1) is 24.0. The van der Waals surface area contributed by atoms with Crippen LogP contribution in [0, 0.1) is 12.7 Å². The summed E-state index contributed by atoms with van der Waals surface area (Å²) in [5.74, 6) is 0.191. The Kier molecular flexibility index (Phi) is 7.95. The lowest BCUT2D eigenvalue weighted by Gasteiger charge is -2.30. The van der Waals surface area contributed by atoms with Gasteiger partial charge in [-0.3, -0.25) is 9.59 Å². The van der Waals surface area contributed by atoms with Crippen molar-refractivity contribution in [2.45, 2.75) is 45.2 Å². The van der Waals surface area contributed by atoms with Gasteiger partial charge in [0.2, 0.25) is 5.91 Å². The molecule has 0 saturated carbocycles. The molecular formula is C27H29FN2O3S. The fourth-order valence-electron chi connectivity index (χ4n) is 4.18. The lowest BCUT2D eigenvalue weighted by atomic mass is 10.1. The van der Waals surface area contributed by atoms with Crippen LogP contribution in [0.4, 0.5) is 4.39 Å². The highest BCUT2D eigenvalue weighted by molar-refractivity contribution is 7.12. The van der Waals surface area contributed by atoms with E-state index in [1.165, 1.54) is 17.4 Å². The minimum atomic E-state index is -0.512. The van der Waals surface area contributed by atoms with E-state index in [2.05, 4.69) is 5.32 Å². The number of rotatable bonds is 8. The largest absolute Gasteiger partial charge is 0.493 e. The molecule has 1 aliphatic rings. The van der Waals surface area contributed by atoms with Gasteiger partial charge in [0.15, 0.2) is 0 Å². The van der Waals surface area contributed by atoms with Gasteiger partial charge in [-0.1, -0.05) is 30.3 Å². The third kappa shape index (κ3) is 5.83. The van der Waals surface area contributed by atoms with Crippen LogP contribution < -0.4 is 10.1 Å². The van der Waals surface area contributed by atoms with E-state index in [1.807, 2.05) is 48.7 Å². The lowest BCUT2D eigenvalue weighted by Crippen LogP contribution is -2.48. The summed E-state index contributed by atoms with van der Waals surface area (Å²) in [6, 6.07) is 15.6. The monoisotopic (exact) mass is 480 g/mol. The van der Waals surface area contributed by atoms with E-state index in [9.17, 15) is 14.0 Å². The topological polar surface area (TPSA) is 58.6 Å². The van der Waals surface area contributed by atoms with Crippen LogP contribution in [-0.4, -0.2) is 35.9 Å². The van der Waals surface area contributed by atoms with Crippen molar-refractivity contribution in [1.29, 1.82) is 0 Å². The number of benzene rings is 2. The molecule has 178 valence electrons. The van der Waals surface area contributed by atoms with Gasteiger partial charge in [-0.05, 0) is 72.5 Å². The summed E-state index contributed by atoms with van der Waals surface area (Å²) in [6.07, 6.45) is 2.89. The Morgan fingerprint density at radius 2 is 2.03 bits per heavy atom. The summed E-state index contributed by atoms with van der Waals surface area (Å²) in [4.78, 5) is 28.7. The molecule has 1 aliphatic heterocycles. The molecule has 5 nitrogen and oxygen atoms in total. The molecule has 0 bridgehead atoms.